The Labute approximate surface area is 130 Å². The Morgan fingerprint density at radius 1 is 1.09 bits per heavy atom. The Balaban J connectivity index is 1.96. The van der Waals surface area contributed by atoms with Gasteiger partial charge in [0.15, 0.2) is 11.9 Å². The van der Waals surface area contributed by atoms with Crippen LogP contribution in [0.25, 0.3) is 0 Å². The molecule has 0 aromatic heterocycles. The number of epoxide rings is 1. The van der Waals surface area contributed by atoms with Crippen molar-refractivity contribution in [2.45, 2.75) is 17.9 Å². The molecule has 0 N–H and O–H groups in total. The summed E-state index contributed by atoms with van der Waals surface area (Å²) in [5.41, 5.74) is -2.51. The lowest BCUT2D eigenvalue weighted by atomic mass is 9.90. The zero-order valence-electron chi connectivity index (χ0n) is 12.1. The second kappa shape index (κ2) is 5.38. The number of hydrogen-bond acceptors (Lipinski definition) is 3. The zero-order chi connectivity index (χ0) is 16.7. The number of alkyl halides is 3. The van der Waals surface area contributed by atoms with Crippen LogP contribution < -0.4 is 4.74 Å². The molecular weight excluding hydrogens is 309 g/mol. The lowest BCUT2D eigenvalue weighted by molar-refractivity contribution is -0.187. The molecule has 3 nitrogen and oxygen atoms in total. The molecule has 1 aliphatic heterocycles. The molecule has 23 heavy (non-hydrogen) atoms. The van der Waals surface area contributed by atoms with E-state index in [1.165, 1.54) is 43.5 Å². The Morgan fingerprint density at radius 3 is 2.22 bits per heavy atom. The van der Waals surface area contributed by atoms with Gasteiger partial charge in [0.1, 0.15) is 5.75 Å². The van der Waals surface area contributed by atoms with Crippen molar-refractivity contribution in [3.05, 3.63) is 65.7 Å². The minimum Gasteiger partial charge on any atom is -0.497 e. The Bertz CT molecular complexity index is 710. The molecule has 3 rings (SSSR count). The molecule has 120 valence electrons. The largest absolute Gasteiger partial charge is 0.497 e. The standard InChI is InChI=1S/C17H13F3O3/c1-22-13-9-7-12(8-10-13)16(17(18,19)20)15(23-16)14(21)11-5-3-2-4-6-11/h2-10,15H,1H3/t15-,16+/m1/s1. The Hall–Kier alpha value is -2.34. The highest BCUT2D eigenvalue weighted by Crippen LogP contribution is 2.58. The summed E-state index contributed by atoms with van der Waals surface area (Å²) in [6, 6.07) is 13.2. The summed E-state index contributed by atoms with van der Waals surface area (Å²) in [5, 5.41) is 0. The van der Waals surface area contributed by atoms with Crippen LogP contribution in [0.15, 0.2) is 54.6 Å². The fraction of sp³-hybridized carbons (Fsp3) is 0.235. The highest BCUT2D eigenvalue weighted by molar-refractivity contribution is 6.02. The van der Waals surface area contributed by atoms with E-state index in [-0.39, 0.29) is 11.1 Å². The maximum Gasteiger partial charge on any atom is 0.424 e. The van der Waals surface area contributed by atoms with Crippen LogP contribution in [0.2, 0.25) is 0 Å². The molecule has 0 amide bonds. The number of methoxy groups -OCH3 is 1. The van der Waals surface area contributed by atoms with E-state index in [1.54, 1.807) is 18.2 Å². The maximum atomic E-state index is 13.6. The minimum atomic E-state index is -4.70. The SMILES string of the molecule is COc1ccc([C@]2(C(F)(F)F)O[C@@H]2C(=O)c2ccccc2)cc1. The predicted octanol–water partition coefficient (Wildman–Crippen LogP) is 3.73. The molecule has 2 aromatic carbocycles. The molecular formula is C17H13F3O3. The van der Waals surface area contributed by atoms with Crippen LogP contribution in [0, 0.1) is 0 Å². The first-order valence-electron chi connectivity index (χ1n) is 6.88. The third-order valence-corrected chi connectivity index (χ3v) is 3.85. The van der Waals surface area contributed by atoms with Gasteiger partial charge in [-0.3, -0.25) is 4.79 Å². The van der Waals surface area contributed by atoms with Gasteiger partial charge < -0.3 is 9.47 Å². The molecule has 0 radical (unpaired) electrons. The van der Waals surface area contributed by atoms with Crippen LogP contribution in [0.5, 0.6) is 5.75 Å². The van der Waals surface area contributed by atoms with Gasteiger partial charge in [0.2, 0.25) is 5.60 Å². The van der Waals surface area contributed by atoms with Gasteiger partial charge in [-0.2, -0.15) is 13.2 Å². The number of hydrogen-bond donors (Lipinski definition) is 0. The van der Waals surface area contributed by atoms with Crippen LogP contribution in [0.1, 0.15) is 15.9 Å². The molecule has 1 fully saturated rings. The summed E-state index contributed by atoms with van der Waals surface area (Å²) in [5.74, 6) is -0.253. The number of halogens is 3. The molecule has 6 heteroatoms. The van der Waals surface area contributed by atoms with E-state index in [1.807, 2.05) is 0 Å². The normalized spacial score (nSPS) is 23.4. The maximum absolute atomic E-state index is 13.6. The second-order valence-electron chi connectivity index (χ2n) is 5.19. The average molecular weight is 322 g/mol. The second-order valence-corrected chi connectivity index (χ2v) is 5.19. The van der Waals surface area contributed by atoms with Crippen molar-refractivity contribution in [3.63, 3.8) is 0 Å². The molecule has 0 unspecified atom stereocenters. The van der Waals surface area contributed by atoms with Gasteiger partial charge in [-0.1, -0.05) is 42.5 Å². The van der Waals surface area contributed by atoms with Gasteiger partial charge in [-0.05, 0) is 17.7 Å². The highest BCUT2D eigenvalue weighted by Gasteiger charge is 2.76. The van der Waals surface area contributed by atoms with E-state index < -0.39 is 23.7 Å². The number of benzene rings is 2. The average Bonchev–Trinajstić information content (AvgIpc) is 3.32. The smallest absolute Gasteiger partial charge is 0.424 e. The van der Waals surface area contributed by atoms with Gasteiger partial charge in [0.25, 0.3) is 0 Å². The van der Waals surface area contributed by atoms with E-state index in [0.717, 1.165) is 0 Å². The monoisotopic (exact) mass is 322 g/mol. The number of rotatable bonds is 4. The van der Waals surface area contributed by atoms with E-state index in [0.29, 0.717) is 5.75 Å². The molecule has 0 spiro atoms. The minimum absolute atomic E-state index is 0.111. The van der Waals surface area contributed by atoms with Crippen LogP contribution in [-0.2, 0) is 10.3 Å². The van der Waals surface area contributed by atoms with Gasteiger partial charge in [-0.15, -0.1) is 0 Å². The van der Waals surface area contributed by atoms with Gasteiger partial charge in [-0.25, -0.2) is 0 Å². The zero-order valence-corrected chi connectivity index (χ0v) is 12.1. The molecule has 2 atom stereocenters. The van der Waals surface area contributed by atoms with Crippen molar-refractivity contribution in [1.29, 1.82) is 0 Å². The summed E-state index contributed by atoms with van der Waals surface area (Å²) in [6.45, 7) is 0. The predicted molar refractivity (Wildman–Crippen MR) is 76.4 cm³/mol. The van der Waals surface area contributed by atoms with Gasteiger partial charge in [0.05, 0.1) is 7.11 Å². The van der Waals surface area contributed by atoms with E-state index in [9.17, 15) is 18.0 Å². The van der Waals surface area contributed by atoms with Crippen LogP contribution >= 0.6 is 0 Å². The summed E-state index contributed by atoms with van der Waals surface area (Å²) < 4.78 is 50.6. The fourth-order valence-corrected chi connectivity index (χ4v) is 2.58. The lowest BCUT2D eigenvalue weighted by Crippen LogP contribution is -2.35. The van der Waals surface area contributed by atoms with Crippen molar-refractivity contribution < 1.29 is 27.4 Å². The van der Waals surface area contributed by atoms with Gasteiger partial charge >= 0.3 is 6.18 Å². The number of carbonyl (C=O) groups excluding carboxylic acids is 1. The van der Waals surface area contributed by atoms with Crippen molar-refractivity contribution in [2.75, 3.05) is 7.11 Å². The molecule has 0 aliphatic carbocycles. The molecule has 0 bridgehead atoms. The summed E-state index contributed by atoms with van der Waals surface area (Å²) in [7, 11) is 1.42. The first-order chi connectivity index (χ1) is 10.9. The topological polar surface area (TPSA) is 38.8 Å². The summed E-state index contributed by atoms with van der Waals surface area (Å²) in [6.07, 6.45) is -6.27. The van der Waals surface area contributed by atoms with Crippen LogP contribution in [0.3, 0.4) is 0 Å². The van der Waals surface area contributed by atoms with E-state index in [2.05, 4.69) is 0 Å². The van der Waals surface area contributed by atoms with Crippen LogP contribution in [0.4, 0.5) is 13.2 Å². The fourth-order valence-electron chi connectivity index (χ4n) is 2.58. The molecule has 0 saturated carbocycles. The summed E-state index contributed by atoms with van der Waals surface area (Å²) in [4.78, 5) is 12.3. The first kappa shape index (κ1) is 15.6. The number of carbonyl (C=O) groups is 1. The third kappa shape index (κ3) is 2.49. The Morgan fingerprint density at radius 2 is 1.70 bits per heavy atom. The van der Waals surface area contributed by atoms with Crippen molar-refractivity contribution >= 4 is 5.78 Å². The molecule has 2 aromatic rings. The number of Topliss-reactive ketones (excluding diaryl/α,β-unsaturated/α-hetero) is 1. The quantitative estimate of drug-likeness (QED) is 0.636. The van der Waals surface area contributed by atoms with Gasteiger partial charge in [0, 0.05) is 5.56 Å². The van der Waals surface area contributed by atoms with Crippen molar-refractivity contribution in [3.8, 4) is 5.75 Å². The van der Waals surface area contributed by atoms with Crippen molar-refractivity contribution in [2.24, 2.45) is 0 Å². The third-order valence-electron chi connectivity index (χ3n) is 3.85. The van der Waals surface area contributed by atoms with Crippen LogP contribution in [-0.4, -0.2) is 25.2 Å². The molecule has 1 aliphatic rings. The molecule has 1 saturated heterocycles. The Kier molecular flexibility index (Phi) is 3.64. The van der Waals surface area contributed by atoms with E-state index in [4.69, 9.17) is 9.47 Å². The highest BCUT2D eigenvalue weighted by atomic mass is 19.4. The van der Waals surface area contributed by atoms with E-state index >= 15 is 0 Å². The first-order valence-corrected chi connectivity index (χ1v) is 6.88. The number of ether oxygens (including phenoxy) is 2. The molecule has 1 heterocycles. The summed E-state index contributed by atoms with van der Waals surface area (Å²) >= 11 is 0. The van der Waals surface area contributed by atoms with Crippen molar-refractivity contribution in [1.82, 2.24) is 0 Å². The lowest BCUT2D eigenvalue weighted by Gasteiger charge is -2.17. The number of ketones is 1.